The number of nitrogens with two attached hydrogens (primary N) is 1. The molecule has 3 N–H and O–H groups in total. The second-order valence-corrected chi connectivity index (χ2v) is 5.91. The summed E-state index contributed by atoms with van der Waals surface area (Å²) in [7, 11) is 0. The van der Waals surface area contributed by atoms with E-state index in [9.17, 15) is 4.79 Å². The van der Waals surface area contributed by atoms with Crippen molar-refractivity contribution in [2.75, 3.05) is 5.73 Å². The van der Waals surface area contributed by atoms with Crippen LogP contribution in [0.15, 0.2) is 4.42 Å². The van der Waals surface area contributed by atoms with E-state index < -0.39 is 5.54 Å². The Morgan fingerprint density at radius 3 is 2.65 bits per heavy atom. The minimum Gasteiger partial charge on any atom is -0.435 e. The fourth-order valence-corrected chi connectivity index (χ4v) is 2.36. The number of aryl methyl sites for hydroxylation is 2. The van der Waals surface area contributed by atoms with Gasteiger partial charge in [0.1, 0.15) is 5.01 Å². The van der Waals surface area contributed by atoms with E-state index >= 15 is 0 Å². The van der Waals surface area contributed by atoms with Crippen molar-refractivity contribution in [1.82, 2.24) is 20.5 Å². The topological polar surface area (TPSA) is 107 Å². The molecule has 0 spiro atoms. The standard InChI is InChI=1S/C12H17N5O2S/c1-5-7-14-6(2)8(19-7)9(18)15-12(3,4)10-16-17-11(13)20-10/h5H2,1-4H3,(H2,13,17)(H,15,18). The number of hydrogen-bond acceptors (Lipinski definition) is 7. The zero-order chi connectivity index (χ0) is 14.9. The molecular formula is C12H17N5O2S. The Bertz CT molecular complexity index is 632. The molecule has 0 bridgehead atoms. The van der Waals surface area contributed by atoms with E-state index in [0.717, 1.165) is 0 Å². The van der Waals surface area contributed by atoms with Crippen molar-refractivity contribution < 1.29 is 9.21 Å². The molecule has 108 valence electrons. The van der Waals surface area contributed by atoms with Gasteiger partial charge < -0.3 is 15.5 Å². The number of nitrogens with one attached hydrogen (secondary N) is 1. The number of nitrogens with zero attached hydrogens (tertiary/aromatic N) is 3. The third kappa shape index (κ3) is 2.79. The van der Waals surface area contributed by atoms with Crippen molar-refractivity contribution in [2.24, 2.45) is 0 Å². The molecule has 2 heterocycles. The van der Waals surface area contributed by atoms with Gasteiger partial charge in [-0.1, -0.05) is 18.3 Å². The molecule has 0 unspecified atom stereocenters. The molecule has 2 aromatic heterocycles. The average molecular weight is 295 g/mol. The first-order valence-corrected chi connectivity index (χ1v) is 7.03. The van der Waals surface area contributed by atoms with Crippen LogP contribution in [-0.4, -0.2) is 21.1 Å². The van der Waals surface area contributed by atoms with Gasteiger partial charge in [-0.15, -0.1) is 10.2 Å². The van der Waals surface area contributed by atoms with Crippen molar-refractivity contribution in [3.8, 4) is 0 Å². The first-order chi connectivity index (χ1) is 9.33. The van der Waals surface area contributed by atoms with Gasteiger partial charge in [0.25, 0.3) is 5.91 Å². The molecule has 0 aliphatic heterocycles. The molecule has 2 aromatic rings. The van der Waals surface area contributed by atoms with Gasteiger partial charge in [0.15, 0.2) is 5.89 Å². The van der Waals surface area contributed by atoms with Crippen LogP contribution in [0.1, 0.15) is 47.9 Å². The molecule has 8 heteroatoms. The summed E-state index contributed by atoms with van der Waals surface area (Å²) in [5.41, 5.74) is 5.46. The fourth-order valence-electron chi connectivity index (χ4n) is 1.70. The summed E-state index contributed by atoms with van der Waals surface area (Å²) in [6.07, 6.45) is 0.643. The number of oxazole rings is 1. The van der Waals surface area contributed by atoms with Crippen LogP contribution < -0.4 is 11.1 Å². The van der Waals surface area contributed by atoms with E-state index in [1.165, 1.54) is 11.3 Å². The molecule has 0 radical (unpaired) electrons. The highest BCUT2D eigenvalue weighted by atomic mass is 32.1. The molecule has 20 heavy (non-hydrogen) atoms. The molecule has 0 aliphatic carbocycles. The number of carbonyl (C=O) groups excluding carboxylic acids is 1. The second kappa shape index (κ2) is 5.20. The smallest absolute Gasteiger partial charge is 0.289 e. The number of anilines is 1. The number of nitrogen functional groups attached to an aromatic ring is 1. The predicted molar refractivity (Wildman–Crippen MR) is 75.4 cm³/mol. The summed E-state index contributed by atoms with van der Waals surface area (Å²) in [5, 5.41) is 11.6. The molecule has 0 aromatic carbocycles. The van der Waals surface area contributed by atoms with Gasteiger partial charge in [0.05, 0.1) is 11.2 Å². The van der Waals surface area contributed by atoms with Gasteiger partial charge in [0.2, 0.25) is 10.9 Å². The molecule has 2 rings (SSSR count). The molecule has 0 atom stereocenters. The lowest BCUT2D eigenvalue weighted by atomic mass is 10.1. The number of amides is 1. The number of aromatic nitrogens is 3. The lowest BCUT2D eigenvalue weighted by molar-refractivity contribution is 0.0880. The third-order valence-corrected chi connectivity index (χ3v) is 3.83. The maximum absolute atomic E-state index is 12.3. The summed E-state index contributed by atoms with van der Waals surface area (Å²) in [6, 6.07) is 0. The minimum atomic E-state index is -0.683. The molecule has 0 saturated heterocycles. The molecule has 0 saturated carbocycles. The van der Waals surface area contributed by atoms with E-state index in [1.807, 2.05) is 20.8 Å². The average Bonchev–Trinajstić information content (AvgIpc) is 2.95. The van der Waals surface area contributed by atoms with Crippen molar-refractivity contribution >= 4 is 22.4 Å². The van der Waals surface area contributed by atoms with Crippen LogP contribution in [0.4, 0.5) is 5.13 Å². The third-order valence-electron chi connectivity index (χ3n) is 2.75. The Balaban J connectivity index is 2.20. The van der Waals surface area contributed by atoms with Crippen molar-refractivity contribution in [2.45, 2.75) is 39.7 Å². The Kier molecular flexibility index (Phi) is 3.76. The Labute approximate surface area is 120 Å². The maximum Gasteiger partial charge on any atom is 0.289 e. The fraction of sp³-hybridized carbons (Fsp3) is 0.500. The van der Waals surface area contributed by atoms with Crippen LogP contribution >= 0.6 is 11.3 Å². The van der Waals surface area contributed by atoms with Gasteiger partial charge in [-0.2, -0.15) is 0 Å². The summed E-state index contributed by atoms with van der Waals surface area (Å²) in [4.78, 5) is 16.5. The van der Waals surface area contributed by atoms with Crippen LogP contribution in [0.25, 0.3) is 0 Å². The summed E-state index contributed by atoms with van der Waals surface area (Å²) < 4.78 is 5.43. The van der Waals surface area contributed by atoms with Gasteiger partial charge in [-0.25, -0.2) is 4.98 Å². The highest BCUT2D eigenvalue weighted by Gasteiger charge is 2.29. The Morgan fingerprint density at radius 2 is 2.15 bits per heavy atom. The quantitative estimate of drug-likeness (QED) is 0.888. The summed E-state index contributed by atoms with van der Waals surface area (Å²) >= 11 is 1.24. The van der Waals surface area contributed by atoms with Crippen LogP contribution in [0.2, 0.25) is 0 Å². The number of rotatable bonds is 4. The monoisotopic (exact) mass is 295 g/mol. The second-order valence-electron chi connectivity index (χ2n) is 4.90. The number of hydrogen-bond donors (Lipinski definition) is 2. The first-order valence-electron chi connectivity index (χ1n) is 6.21. The normalized spacial score (nSPS) is 11.6. The summed E-state index contributed by atoms with van der Waals surface area (Å²) in [6.45, 7) is 7.32. The first kappa shape index (κ1) is 14.4. The van der Waals surface area contributed by atoms with E-state index in [2.05, 4.69) is 20.5 Å². The largest absolute Gasteiger partial charge is 0.435 e. The van der Waals surface area contributed by atoms with Crippen LogP contribution in [0.3, 0.4) is 0 Å². The maximum atomic E-state index is 12.3. The lowest BCUT2D eigenvalue weighted by Crippen LogP contribution is -2.41. The van der Waals surface area contributed by atoms with E-state index in [1.54, 1.807) is 6.92 Å². The highest BCUT2D eigenvalue weighted by molar-refractivity contribution is 7.15. The van der Waals surface area contributed by atoms with Gasteiger partial charge >= 0.3 is 0 Å². The molecule has 0 fully saturated rings. The SMILES string of the molecule is CCc1nc(C)c(C(=O)NC(C)(C)c2nnc(N)s2)o1. The van der Waals surface area contributed by atoms with E-state index in [0.29, 0.717) is 28.1 Å². The highest BCUT2D eigenvalue weighted by Crippen LogP contribution is 2.25. The van der Waals surface area contributed by atoms with Gasteiger partial charge in [-0.05, 0) is 20.8 Å². The minimum absolute atomic E-state index is 0.229. The van der Waals surface area contributed by atoms with Crippen LogP contribution in [0.5, 0.6) is 0 Å². The summed E-state index contributed by atoms with van der Waals surface area (Å²) in [5.74, 6) is 0.450. The molecule has 1 amide bonds. The van der Waals surface area contributed by atoms with Crippen molar-refractivity contribution in [1.29, 1.82) is 0 Å². The Morgan fingerprint density at radius 1 is 1.45 bits per heavy atom. The van der Waals surface area contributed by atoms with Crippen molar-refractivity contribution in [3.05, 3.63) is 22.4 Å². The lowest BCUT2D eigenvalue weighted by Gasteiger charge is -2.22. The van der Waals surface area contributed by atoms with E-state index in [4.69, 9.17) is 10.2 Å². The van der Waals surface area contributed by atoms with Gasteiger partial charge in [0, 0.05) is 6.42 Å². The van der Waals surface area contributed by atoms with E-state index in [-0.39, 0.29) is 11.7 Å². The molecule has 0 aliphatic rings. The zero-order valence-electron chi connectivity index (χ0n) is 11.9. The predicted octanol–water partition coefficient (Wildman–Crippen LogP) is 1.64. The Hall–Kier alpha value is -1.96. The number of carbonyl (C=O) groups is 1. The van der Waals surface area contributed by atoms with Crippen LogP contribution in [0, 0.1) is 6.92 Å². The van der Waals surface area contributed by atoms with Crippen molar-refractivity contribution in [3.63, 3.8) is 0 Å². The molecular weight excluding hydrogens is 278 g/mol. The zero-order valence-corrected chi connectivity index (χ0v) is 12.7. The molecule has 7 nitrogen and oxygen atoms in total. The van der Waals surface area contributed by atoms with Gasteiger partial charge in [-0.3, -0.25) is 4.79 Å². The van der Waals surface area contributed by atoms with Crippen LogP contribution in [-0.2, 0) is 12.0 Å².